The number of benzene rings is 1. The Morgan fingerprint density at radius 3 is 2.00 bits per heavy atom. The minimum atomic E-state index is -0.946. The van der Waals surface area contributed by atoms with Gasteiger partial charge in [-0.2, -0.15) is 0 Å². The van der Waals surface area contributed by atoms with Gasteiger partial charge in [0.2, 0.25) is 0 Å². The van der Waals surface area contributed by atoms with Crippen molar-refractivity contribution in [2.75, 3.05) is 18.2 Å². The molecule has 142 valence electrons. The standard InChI is InChI=1S/C21H31N3OS/c1-20(2,3)17-13-18(23-19(22-17)21(4,5)6)24(7)14-15-9-11-16(12-10-15)26(8)25/h9-13H,14H2,1-8H3. The lowest BCUT2D eigenvalue weighted by Crippen LogP contribution is -2.25. The number of hydrogen-bond donors (Lipinski definition) is 0. The summed E-state index contributed by atoms with van der Waals surface area (Å²) in [5.41, 5.74) is 2.07. The van der Waals surface area contributed by atoms with Gasteiger partial charge < -0.3 is 4.90 Å². The van der Waals surface area contributed by atoms with Crippen molar-refractivity contribution in [3.63, 3.8) is 0 Å². The maximum atomic E-state index is 11.5. The minimum absolute atomic E-state index is 0.0363. The molecule has 2 aromatic rings. The van der Waals surface area contributed by atoms with E-state index in [0.29, 0.717) is 0 Å². The molecular weight excluding hydrogens is 342 g/mol. The molecule has 0 radical (unpaired) electrons. The number of anilines is 1. The molecule has 0 fully saturated rings. The van der Waals surface area contributed by atoms with Crippen molar-refractivity contribution in [2.45, 2.75) is 63.8 Å². The molecule has 1 heterocycles. The lowest BCUT2D eigenvalue weighted by Gasteiger charge is -2.26. The van der Waals surface area contributed by atoms with Crippen molar-refractivity contribution in [1.29, 1.82) is 0 Å². The molecule has 26 heavy (non-hydrogen) atoms. The Hall–Kier alpha value is -1.75. The van der Waals surface area contributed by atoms with Crippen molar-refractivity contribution < 1.29 is 4.21 Å². The van der Waals surface area contributed by atoms with Gasteiger partial charge in [0.1, 0.15) is 11.6 Å². The molecule has 1 unspecified atom stereocenters. The summed E-state index contributed by atoms with van der Waals surface area (Å²) in [4.78, 5) is 12.6. The highest BCUT2D eigenvalue weighted by atomic mass is 32.2. The van der Waals surface area contributed by atoms with Gasteiger partial charge in [-0.25, -0.2) is 9.97 Å². The fraction of sp³-hybridized carbons (Fsp3) is 0.524. The summed E-state index contributed by atoms with van der Waals surface area (Å²) >= 11 is 0. The third-order valence-electron chi connectivity index (χ3n) is 4.22. The van der Waals surface area contributed by atoms with Crippen molar-refractivity contribution >= 4 is 16.6 Å². The summed E-state index contributed by atoms with van der Waals surface area (Å²) in [6, 6.07) is 10.0. The van der Waals surface area contributed by atoms with E-state index in [-0.39, 0.29) is 10.8 Å². The summed E-state index contributed by atoms with van der Waals surface area (Å²) in [7, 11) is 1.10. The first kappa shape index (κ1) is 20.6. The summed E-state index contributed by atoms with van der Waals surface area (Å²) in [5.74, 6) is 1.79. The second-order valence-electron chi connectivity index (χ2n) is 8.89. The Balaban J connectivity index is 2.35. The SMILES string of the molecule is CN(Cc1ccc(S(C)=O)cc1)c1cc(C(C)(C)C)nc(C(C)(C)C)n1. The van der Waals surface area contributed by atoms with E-state index < -0.39 is 10.8 Å². The van der Waals surface area contributed by atoms with E-state index in [4.69, 9.17) is 9.97 Å². The predicted octanol–water partition coefficient (Wildman–Crippen LogP) is 4.45. The maximum Gasteiger partial charge on any atom is 0.136 e. The van der Waals surface area contributed by atoms with E-state index in [1.807, 2.05) is 31.3 Å². The molecule has 0 N–H and O–H groups in total. The topological polar surface area (TPSA) is 46.1 Å². The largest absolute Gasteiger partial charge is 0.355 e. The van der Waals surface area contributed by atoms with Crippen LogP contribution in [-0.4, -0.2) is 27.5 Å². The van der Waals surface area contributed by atoms with Crippen LogP contribution in [0.15, 0.2) is 35.2 Å². The summed E-state index contributed by atoms with van der Waals surface area (Å²) in [5, 5.41) is 0. The highest BCUT2D eigenvalue weighted by molar-refractivity contribution is 7.84. The van der Waals surface area contributed by atoms with Gasteiger partial charge >= 0.3 is 0 Å². The first-order valence-electron chi connectivity index (χ1n) is 8.91. The highest BCUT2D eigenvalue weighted by Gasteiger charge is 2.24. The van der Waals surface area contributed by atoms with Crippen LogP contribution in [0.25, 0.3) is 0 Å². The number of hydrogen-bond acceptors (Lipinski definition) is 4. The van der Waals surface area contributed by atoms with Crippen LogP contribution in [0.4, 0.5) is 5.82 Å². The molecule has 1 aromatic carbocycles. The third kappa shape index (κ3) is 5.13. The van der Waals surface area contributed by atoms with Gasteiger partial charge in [-0.1, -0.05) is 53.7 Å². The number of aromatic nitrogens is 2. The smallest absolute Gasteiger partial charge is 0.136 e. The second kappa shape index (κ2) is 7.47. The zero-order chi connectivity index (χ0) is 19.7. The van der Waals surface area contributed by atoms with E-state index in [0.717, 1.165) is 34.3 Å². The van der Waals surface area contributed by atoms with Crippen LogP contribution in [0.5, 0.6) is 0 Å². The van der Waals surface area contributed by atoms with Crippen molar-refractivity contribution in [1.82, 2.24) is 9.97 Å². The Kier molecular flexibility index (Phi) is 5.91. The van der Waals surface area contributed by atoms with Crippen molar-refractivity contribution in [3.05, 3.63) is 47.4 Å². The zero-order valence-electron chi connectivity index (χ0n) is 17.3. The molecule has 5 heteroatoms. The van der Waals surface area contributed by atoms with Crippen molar-refractivity contribution in [3.8, 4) is 0 Å². The van der Waals surface area contributed by atoms with Gasteiger partial charge in [0.15, 0.2) is 0 Å². The van der Waals surface area contributed by atoms with Crippen LogP contribution in [-0.2, 0) is 28.2 Å². The average Bonchev–Trinajstić information content (AvgIpc) is 2.53. The zero-order valence-corrected chi connectivity index (χ0v) is 18.1. The molecule has 0 aliphatic heterocycles. The van der Waals surface area contributed by atoms with E-state index in [1.54, 1.807) is 6.26 Å². The van der Waals surface area contributed by atoms with E-state index in [1.165, 1.54) is 0 Å². The molecule has 0 bridgehead atoms. The van der Waals surface area contributed by atoms with Crippen LogP contribution in [0.3, 0.4) is 0 Å². The molecule has 0 spiro atoms. The first-order chi connectivity index (χ1) is 11.9. The molecular formula is C21H31N3OS. The number of rotatable bonds is 4. The van der Waals surface area contributed by atoms with Gasteiger partial charge in [0.05, 0.1) is 5.69 Å². The van der Waals surface area contributed by atoms with Gasteiger partial charge in [-0.05, 0) is 17.7 Å². The molecule has 0 aliphatic carbocycles. The van der Waals surface area contributed by atoms with Crippen LogP contribution in [0.2, 0.25) is 0 Å². The summed E-state index contributed by atoms with van der Waals surface area (Å²) in [6.45, 7) is 13.7. The van der Waals surface area contributed by atoms with Crippen molar-refractivity contribution in [2.24, 2.45) is 0 Å². The van der Waals surface area contributed by atoms with E-state index in [9.17, 15) is 4.21 Å². The lowest BCUT2D eigenvalue weighted by atomic mass is 9.90. The Bertz CT molecular complexity index is 754. The van der Waals surface area contributed by atoms with Crippen LogP contribution >= 0.6 is 0 Å². The average molecular weight is 374 g/mol. The molecule has 2 rings (SSSR count). The second-order valence-corrected chi connectivity index (χ2v) is 10.3. The fourth-order valence-corrected chi connectivity index (χ4v) is 3.01. The van der Waals surface area contributed by atoms with Crippen LogP contribution in [0.1, 0.15) is 58.6 Å². The molecule has 0 amide bonds. The van der Waals surface area contributed by atoms with Gasteiger partial charge in [0, 0.05) is 52.4 Å². The van der Waals surface area contributed by atoms with Crippen LogP contribution in [0, 0.1) is 0 Å². The molecule has 1 atom stereocenters. The summed E-state index contributed by atoms with van der Waals surface area (Å²) in [6.07, 6.45) is 1.70. The summed E-state index contributed by atoms with van der Waals surface area (Å²) < 4.78 is 11.5. The highest BCUT2D eigenvalue weighted by Crippen LogP contribution is 2.28. The molecule has 0 aliphatic rings. The predicted molar refractivity (Wildman–Crippen MR) is 110 cm³/mol. The minimum Gasteiger partial charge on any atom is -0.355 e. The normalized spacial score (nSPS) is 13.5. The van der Waals surface area contributed by atoms with Crippen LogP contribution < -0.4 is 4.90 Å². The van der Waals surface area contributed by atoms with Gasteiger partial charge in [-0.15, -0.1) is 0 Å². The molecule has 0 saturated heterocycles. The molecule has 1 aromatic heterocycles. The number of nitrogens with zero attached hydrogens (tertiary/aromatic N) is 3. The Morgan fingerprint density at radius 2 is 1.54 bits per heavy atom. The van der Waals surface area contributed by atoms with E-state index in [2.05, 4.69) is 52.5 Å². The third-order valence-corrected chi connectivity index (χ3v) is 5.15. The molecule has 4 nitrogen and oxygen atoms in total. The Morgan fingerprint density at radius 1 is 0.962 bits per heavy atom. The maximum absolute atomic E-state index is 11.5. The van der Waals surface area contributed by atoms with E-state index >= 15 is 0 Å². The van der Waals surface area contributed by atoms with Gasteiger partial charge in [-0.3, -0.25) is 4.21 Å². The van der Waals surface area contributed by atoms with Gasteiger partial charge in [0.25, 0.3) is 0 Å². The Labute approximate surface area is 160 Å². The lowest BCUT2D eigenvalue weighted by molar-refractivity contribution is 0.513. The first-order valence-corrected chi connectivity index (χ1v) is 10.5. The molecule has 0 saturated carbocycles. The fourth-order valence-electron chi connectivity index (χ4n) is 2.49. The quantitative estimate of drug-likeness (QED) is 0.794. The monoisotopic (exact) mass is 373 g/mol.